The van der Waals surface area contributed by atoms with E-state index in [9.17, 15) is 21.4 Å². The van der Waals surface area contributed by atoms with E-state index >= 15 is 0 Å². The molecular formula is C46H55Br2N3O5S2. The quantitative estimate of drug-likeness (QED) is 0.0955. The Morgan fingerprint density at radius 2 is 1.17 bits per heavy atom. The molecule has 58 heavy (non-hydrogen) atoms. The lowest BCUT2D eigenvalue weighted by atomic mass is 9.83. The molecule has 2 heterocycles. The van der Waals surface area contributed by atoms with Gasteiger partial charge >= 0.3 is 10.0 Å². The predicted octanol–water partition coefficient (Wildman–Crippen LogP) is 10.8. The third-order valence-electron chi connectivity index (χ3n) is 11.9. The third-order valence-corrected chi connectivity index (χ3v) is 15.4. The van der Waals surface area contributed by atoms with Gasteiger partial charge in [-0.15, -0.1) is 3.98 Å². The van der Waals surface area contributed by atoms with Crippen molar-refractivity contribution in [3.8, 4) is 0 Å². The summed E-state index contributed by atoms with van der Waals surface area (Å²) in [6.45, 7) is 14.5. The molecule has 0 bridgehead atoms. The van der Waals surface area contributed by atoms with Crippen LogP contribution in [0.4, 0.5) is 11.4 Å². The van der Waals surface area contributed by atoms with Crippen LogP contribution >= 0.6 is 31.9 Å². The maximum absolute atomic E-state index is 14.4. The van der Waals surface area contributed by atoms with E-state index < -0.39 is 31.3 Å². The van der Waals surface area contributed by atoms with Gasteiger partial charge < -0.3 is 14.4 Å². The van der Waals surface area contributed by atoms with Crippen molar-refractivity contribution in [3.05, 3.63) is 133 Å². The number of fused-ring (bicyclic) bond motifs is 2. The largest absolute Gasteiger partial charge is 0.748 e. The van der Waals surface area contributed by atoms with Gasteiger partial charge in [0.1, 0.15) is 4.90 Å². The normalized spacial score (nSPS) is 21.1. The van der Waals surface area contributed by atoms with E-state index in [0.29, 0.717) is 31.5 Å². The highest BCUT2D eigenvalue weighted by molar-refractivity contribution is 9.10. The molecule has 310 valence electrons. The molecule has 8 nitrogen and oxygen atoms in total. The maximum Gasteiger partial charge on any atom is 0.395 e. The summed E-state index contributed by atoms with van der Waals surface area (Å²) in [7, 11) is -6.57. The summed E-state index contributed by atoms with van der Waals surface area (Å²) in [6.07, 6.45) is 14.0. The van der Waals surface area contributed by atoms with Gasteiger partial charge in [-0.05, 0) is 111 Å². The molecule has 2 aliphatic heterocycles. The first-order valence-corrected chi connectivity index (χ1v) is 24.7. The second-order valence-electron chi connectivity index (χ2n) is 16.7. The van der Waals surface area contributed by atoms with Crippen LogP contribution in [0.1, 0.15) is 96.3 Å². The van der Waals surface area contributed by atoms with Gasteiger partial charge in [0, 0.05) is 72.5 Å². The standard InChI is InChI=1S/C46H55Br2N3O5S2/c1-8-9-10-27-50-40-23-19-35(47)30-38(40)45(3,4)42(50)25-17-33-15-16-34(44(33)49(7)58(55,56)37-21-13-32(2)14-22-37)18-26-43-46(5,6)39-31-36(48)20-24-41(39)51(43)28-11-12-29-57(52,53)54/h13-14,17-26,30-31H,8-12,15-16,27-29H2,1-7H3. The Morgan fingerprint density at radius 3 is 1.62 bits per heavy atom. The molecule has 0 N–H and O–H groups in total. The molecule has 0 unspecified atom stereocenters. The lowest BCUT2D eigenvalue weighted by molar-refractivity contribution is -0.325. The first-order chi connectivity index (χ1) is 27.3. The topological polar surface area (TPSA) is 101 Å². The molecule has 1 saturated carbocycles. The molecule has 3 aromatic rings. The van der Waals surface area contributed by atoms with Crippen LogP contribution < -0.4 is 9.80 Å². The average Bonchev–Trinajstić information content (AvgIpc) is 3.72. The Balaban J connectivity index is 1.47. The number of benzene rings is 3. The van der Waals surface area contributed by atoms with Gasteiger partial charge in [-0.2, -0.15) is 8.42 Å². The second-order valence-corrected chi connectivity index (χ2v) is 22.0. The minimum Gasteiger partial charge on any atom is -0.748 e. The van der Waals surface area contributed by atoms with Gasteiger partial charge in [-0.3, -0.25) is 0 Å². The molecule has 12 heteroatoms. The number of halogens is 2. The molecule has 0 amide bonds. The van der Waals surface area contributed by atoms with E-state index in [-0.39, 0.29) is 16.7 Å². The van der Waals surface area contributed by atoms with E-state index in [4.69, 9.17) is 0 Å². The number of sulfonamides is 1. The minimum atomic E-state index is -4.31. The van der Waals surface area contributed by atoms with Gasteiger partial charge in [-0.25, -0.2) is 8.42 Å². The minimum absolute atomic E-state index is 0.236. The monoisotopic (exact) mass is 951 g/mol. The molecule has 3 aromatic carbocycles. The van der Waals surface area contributed by atoms with E-state index in [0.717, 1.165) is 68.4 Å². The number of aryl methyl sites for hydroxylation is 1. The summed E-state index contributed by atoms with van der Waals surface area (Å²) in [5.74, 6) is -0.400. The van der Waals surface area contributed by atoms with Crippen molar-refractivity contribution in [3.63, 3.8) is 0 Å². The van der Waals surface area contributed by atoms with Gasteiger partial charge in [0.05, 0.1) is 10.1 Å². The van der Waals surface area contributed by atoms with Crippen LogP contribution in [-0.4, -0.2) is 57.0 Å². The van der Waals surface area contributed by atoms with Gasteiger partial charge in [0.2, 0.25) is 5.71 Å². The fourth-order valence-electron chi connectivity index (χ4n) is 8.63. The van der Waals surface area contributed by atoms with Crippen LogP contribution in [0.25, 0.3) is 0 Å². The molecule has 6 rings (SSSR count). The lowest BCUT2D eigenvalue weighted by Crippen LogP contribution is -2.28. The first-order valence-electron chi connectivity index (χ1n) is 20.1. The molecular weight excluding hydrogens is 898 g/mol. The molecule has 3 aliphatic rings. The van der Waals surface area contributed by atoms with Crippen molar-refractivity contribution in [1.82, 2.24) is 0 Å². The Morgan fingerprint density at radius 1 is 0.707 bits per heavy atom. The average molecular weight is 954 g/mol. The fourth-order valence-corrected chi connectivity index (χ4v) is 11.2. The van der Waals surface area contributed by atoms with Crippen LogP contribution in [0, 0.1) is 6.92 Å². The highest BCUT2D eigenvalue weighted by Gasteiger charge is 2.42. The molecule has 1 aliphatic carbocycles. The summed E-state index contributed by atoms with van der Waals surface area (Å²) in [5, 5.41) is 0. The number of unbranched alkanes of at least 4 members (excludes halogenated alkanes) is 3. The van der Waals surface area contributed by atoms with E-state index in [1.54, 1.807) is 19.2 Å². The van der Waals surface area contributed by atoms with E-state index in [2.05, 4.69) is 131 Å². The molecule has 0 aromatic heterocycles. The Hall–Kier alpha value is -3.29. The van der Waals surface area contributed by atoms with Crippen molar-refractivity contribution in [2.45, 2.75) is 102 Å². The van der Waals surface area contributed by atoms with Crippen molar-refractivity contribution in [1.29, 1.82) is 0 Å². The zero-order valence-corrected chi connectivity index (χ0v) is 39.4. The number of hydrogen-bond acceptors (Lipinski definition) is 7. The number of allylic oxidation sites excluding steroid dienone is 8. The molecule has 0 spiro atoms. The smallest absolute Gasteiger partial charge is 0.395 e. The Bertz CT molecular complexity index is 2460. The van der Waals surface area contributed by atoms with Crippen LogP contribution in [0.5, 0.6) is 0 Å². The van der Waals surface area contributed by atoms with Crippen LogP contribution in [0.3, 0.4) is 0 Å². The number of nitrogens with zero attached hydrogens (tertiary/aromatic N) is 3. The summed E-state index contributed by atoms with van der Waals surface area (Å²) in [5.41, 5.74) is 9.65. The van der Waals surface area contributed by atoms with Crippen molar-refractivity contribution in [2.75, 3.05) is 35.7 Å². The van der Waals surface area contributed by atoms with Gasteiger partial charge in [0.15, 0.2) is 7.05 Å². The van der Waals surface area contributed by atoms with Gasteiger partial charge in [-0.1, -0.05) is 109 Å². The highest BCUT2D eigenvalue weighted by Crippen LogP contribution is 2.50. The highest BCUT2D eigenvalue weighted by atomic mass is 79.9. The zero-order valence-electron chi connectivity index (χ0n) is 34.6. The number of hydrogen-bond donors (Lipinski definition) is 0. The van der Waals surface area contributed by atoms with Crippen molar-refractivity contribution in [2.24, 2.45) is 0 Å². The summed E-state index contributed by atoms with van der Waals surface area (Å²) in [6, 6.07) is 19.7. The van der Waals surface area contributed by atoms with E-state index in [1.165, 1.54) is 20.9 Å². The fraction of sp³-hybridized carbons (Fsp3) is 0.413. The lowest BCUT2D eigenvalue weighted by Gasteiger charge is -2.27. The summed E-state index contributed by atoms with van der Waals surface area (Å²) >= 11 is 7.35. The SMILES string of the molecule is CCCCCN1/C(=C/C=C2\CCC(=C/C=C3/N(CCCCS(=O)(=O)[O-])c4ccc(Br)cc4C3(C)C)\C2=[N+](\C)S(=O)(=O)c2ccc(C)cc2)C(C)(C)c2cc(Br)ccc21. The molecule has 0 atom stereocenters. The van der Waals surface area contributed by atoms with Crippen molar-refractivity contribution >= 4 is 69.1 Å². The Kier molecular flexibility index (Phi) is 13.3. The van der Waals surface area contributed by atoms with Crippen LogP contribution in [0.15, 0.2) is 121 Å². The molecule has 0 saturated heterocycles. The van der Waals surface area contributed by atoms with Crippen molar-refractivity contribution < 1.29 is 25.4 Å². The van der Waals surface area contributed by atoms with Gasteiger partial charge in [0.25, 0.3) is 0 Å². The summed E-state index contributed by atoms with van der Waals surface area (Å²) in [4.78, 5) is 4.89. The predicted molar refractivity (Wildman–Crippen MR) is 243 cm³/mol. The number of rotatable bonds is 13. The van der Waals surface area contributed by atoms with Crippen LogP contribution in [0.2, 0.25) is 0 Å². The maximum atomic E-state index is 14.4. The second kappa shape index (κ2) is 17.4. The van der Waals surface area contributed by atoms with E-state index in [1.807, 2.05) is 25.1 Å². The summed E-state index contributed by atoms with van der Waals surface area (Å²) < 4.78 is 66.5. The van der Waals surface area contributed by atoms with Crippen LogP contribution in [-0.2, 0) is 31.0 Å². The molecule has 0 radical (unpaired) electrons. The Labute approximate surface area is 363 Å². The molecule has 1 fully saturated rings. The zero-order chi connectivity index (χ0) is 42.2. The first kappa shape index (κ1) is 44.3. The number of anilines is 2. The third kappa shape index (κ3) is 9.06.